The average Bonchev–Trinajstić information content (AvgIpc) is 2.80. The normalized spacial score (nSPS) is 16.5. The summed E-state index contributed by atoms with van der Waals surface area (Å²) in [5.41, 5.74) is 2.73. The molecule has 5 heteroatoms. The average molecular weight is 302 g/mol. The highest BCUT2D eigenvalue weighted by Gasteiger charge is 2.36. The number of esters is 2. The van der Waals surface area contributed by atoms with Crippen molar-refractivity contribution in [3.63, 3.8) is 0 Å². The minimum atomic E-state index is -0.625. The molecule has 0 N–H and O–H groups in total. The van der Waals surface area contributed by atoms with E-state index >= 15 is 0 Å². The molecule has 1 fully saturated rings. The fourth-order valence-corrected chi connectivity index (χ4v) is 2.35. The highest BCUT2D eigenvalue weighted by atomic mass is 16.6. The number of carbonyl (C=O) groups is 2. The van der Waals surface area contributed by atoms with Crippen LogP contribution in [0.15, 0.2) is 34.9 Å². The second-order valence-electron chi connectivity index (χ2n) is 5.15. The first-order valence-electron chi connectivity index (χ1n) is 6.77. The van der Waals surface area contributed by atoms with Gasteiger partial charge in [0.15, 0.2) is 0 Å². The van der Waals surface area contributed by atoms with Crippen LogP contribution >= 0.6 is 0 Å². The summed E-state index contributed by atoms with van der Waals surface area (Å²) in [6, 6.07) is 5.30. The van der Waals surface area contributed by atoms with Crippen LogP contribution < -0.4 is 9.47 Å². The zero-order chi connectivity index (χ0) is 16.4. The van der Waals surface area contributed by atoms with Gasteiger partial charge in [0, 0.05) is 6.07 Å². The molecule has 0 amide bonds. The van der Waals surface area contributed by atoms with Crippen LogP contribution in [0.25, 0.3) is 5.57 Å². The van der Waals surface area contributed by atoms with Gasteiger partial charge in [-0.2, -0.15) is 0 Å². The van der Waals surface area contributed by atoms with Crippen molar-refractivity contribution in [2.45, 2.75) is 20.8 Å². The van der Waals surface area contributed by atoms with E-state index in [9.17, 15) is 9.59 Å². The molecule has 1 heterocycles. The Balaban J connectivity index is 2.67. The molecule has 22 heavy (non-hydrogen) atoms. The summed E-state index contributed by atoms with van der Waals surface area (Å²) in [6.07, 6.45) is 0. The number of benzene rings is 1. The topological polar surface area (TPSA) is 61.8 Å². The molecule has 1 aliphatic rings. The molecule has 116 valence electrons. The monoisotopic (exact) mass is 302 g/mol. The van der Waals surface area contributed by atoms with E-state index in [1.165, 1.54) is 0 Å². The number of carbonyl (C=O) groups excluding carboxylic acids is 2. The molecule has 0 bridgehead atoms. The number of hydrogen-bond donors (Lipinski definition) is 0. The SMILES string of the molecule is COc1cc(OC)cc(C(C)=C2C(=O)OC(=O)C2=C(C)C)c1. The van der Waals surface area contributed by atoms with Gasteiger partial charge in [0.05, 0.1) is 25.4 Å². The van der Waals surface area contributed by atoms with Crippen molar-refractivity contribution in [2.75, 3.05) is 14.2 Å². The molecule has 2 rings (SSSR count). The van der Waals surface area contributed by atoms with E-state index < -0.39 is 11.9 Å². The van der Waals surface area contributed by atoms with E-state index in [-0.39, 0.29) is 0 Å². The summed E-state index contributed by atoms with van der Waals surface area (Å²) < 4.78 is 15.2. The van der Waals surface area contributed by atoms with Crippen molar-refractivity contribution in [1.29, 1.82) is 0 Å². The van der Waals surface area contributed by atoms with Crippen molar-refractivity contribution in [1.82, 2.24) is 0 Å². The maximum absolute atomic E-state index is 12.0. The van der Waals surface area contributed by atoms with E-state index in [0.29, 0.717) is 28.2 Å². The summed E-state index contributed by atoms with van der Waals surface area (Å²) in [7, 11) is 3.10. The van der Waals surface area contributed by atoms with E-state index in [0.717, 1.165) is 11.1 Å². The van der Waals surface area contributed by atoms with Crippen molar-refractivity contribution < 1.29 is 23.8 Å². The Kier molecular flexibility index (Phi) is 4.35. The number of cyclic esters (lactones) is 2. The van der Waals surface area contributed by atoms with Gasteiger partial charge < -0.3 is 14.2 Å². The molecule has 5 nitrogen and oxygen atoms in total. The molecular weight excluding hydrogens is 284 g/mol. The number of rotatable bonds is 3. The first-order valence-corrected chi connectivity index (χ1v) is 6.77. The van der Waals surface area contributed by atoms with Crippen LogP contribution in [0, 0.1) is 0 Å². The van der Waals surface area contributed by atoms with Crippen molar-refractivity contribution in [3.05, 3.63) is 40.5 Å². The Morgan fingerprint density at radius 3 is 1.82 bits per heavy atom. The first-order chi connectivity index (χ1) is 10.4. The Morgan fingerprint density at radius 2 is 1.36 bits per heavy atom. The lowest BCUT2D eigenvalue weighted by Gasteiger charge is -2.10. The Labute approximate surface area is 129 Å². The zero-order valence-electron chi connectivity index (χ0n) is 13.3. The molecule has 0 radical (unpaired) electrons. The fourth-order valence-electron chi connectivity index (χ4n) is 2.35. The molecule has 1 saturated heterocycles. The number of methoxy groups -OCH3 is 2. The van der Waals surface area contributed by atoms with Crippen molar-refractivity contribution >= 4 is 17.5 Å². The van der Waals surface area contributed by atoms with Gasteiger partial charge in [-0.1, -0.05) is 5.57 Å². The van der Waals surface area contributed by atoms with E-state index in [4.69, 9.17) is 14.2 Å². The van der Waals surface area contributed by atoms with Crippen LogP contribution in [-0.4, -0.2) is 26.2 Å². The molecule has 1 aliphatic heterocycles. The molecule has 1 aromatic carbocycles. The maximum atomic E-state index is 12.0. The molecule has 0 saturated carbocycles. The summed E-state index contributed by atoms with van der Waals surface area (Å²) in [5, 5.41) is 0. The predicted molar refractivity (Wildman–Crippen MR) is 81.6 cm³/mol. The van der Waals surface area contributed by atoms with Gasteiger partial charge in [-0.25, -0.2) is 9.59 Å². The zero-order valence-corrected chi connectivity index (χ0v) is 13.3. The van der Waals surface area contributed by atoms with Gasteiger partial charge in [0.1, 0.15) is 11.5 Å². The van der Waals surface area contributed by atoms with Gasteiger partial charge >= 0.3 is 11.9 Å². The highest BCUT2D eigenvalue weighted by Crippen LogP contribution is 2.34. The highest BCUT2D eigenvalue weighted by molar-refractivity contribution is 6.22. The summed E-state index contributed by atoms with van der Waals surface area (Å²) >= 11 is 0. The number of allylic oxidation sites excluding steroid dienone is 2. The van der Waals surface area contributed by atoms with Crippen LogP contribution in [0.1, 0.15) is 26.3 Å². The minimum absolute atomic E-state index is 0.292. The minimum Gasteiger partial charge on any atom is -0.497 e. The van der Waals surface area contributed by atoms with E-state index in [1.807, 2.05) is 0 Å². The molecule has 0 spiro atoms. The van der Waals surface area contributed by atoms with E-state index in [1.54, 1.807) is 53.2 Å². The molecule has 0 aromatic heterocycles. The van der Waals surface area contributed by atoms with Crippen LogP contribution in [-0.2, 0) is 14.3 Å². The third-order valence-corrected chi connectivity index (χ3v) is 3.50. The number of ether oxygens (including phenoxy) is 3. The summed E-state index contributed by atoms with van der Waals surface area (Å²) in [6.45, 7) is 5.32. The van der Waals surface area contributed by atoms with Gasteiger partial charge in [0.2, 0.25) is 0 Å². The van der Waals surface area contributed by atoms with Gasteiger partial charge in [-0.15, -0.1) is 0 Å². The van der Waals surface area contributed by atoms with Crippen molar-refractivity contribution in [3.8, 4) is 11.5 Å². The van der Waals surface area contributed by atoms with Crippen LogP contribution in [0.3, 0.4) is 0 Å². The van der Waals surface area contributed by atoms with Crippen molar-refractivity contribution in [2.24, 2.45) is 0 Å². The fraction of sp³-hybridized carbons (Fsp3) is 0.294. The quantitative estimate of drug-likeness (QED) is 0.488. The third kappa shape index (κ3) is 2.74. The summed E-state index contributed by atoms with van der Waals surface area (Å²) in [4.78, 5) is 23.9. The second kappa shape index (κ2) is 6.05. The molecule has 0 atom stereocenters. The Bertz CT molecular complexity index is 684. The van der Waals surface area contributed by atoms with E-state index in [2.05, 4.69) is 0 Å². The lowest BCUT2D eigenvalue weighted by Crippen LogP contribution is -2.00. The lowest BCUT2D eigenvalue weighted by atomic mass is 9.94. The summed E-state index contributed by atoms with van der Waals surface area (Å²) in [5.74, 6) is -0.0221. The lowest BCUT2D eigenvalue weighted by molar-refractivity contribution is -0.149. The molecular formula is C17H18O5. The largest absolute Gasteiger partial charge is 0.497 e. The molecule has 0 unspecified atom stereocenters. The maximum Gasteiger partial charge on any atom is 0.347 e. The Hall–Kier alpha value is -2.56. The standard InChI is InChI=1S/C17H18O5/c1-9(2)14-15(17(19)22-16(14)18)10(3)11-6-12(20-4)8-13(7-11)21-5/h6-8H,1-5H3. The Morgan fingerprint density at radius 1 is 0.864 bits per heavy atom. The van der Waals surface area contributed by atoms with Gasteiger partial charge in [0.25, 0.3) is 0 Å². The number of hydrogen-bond acceptors (Lipinski definition) is 5. The third-order valence-electron chi connectivity index (χ3n) is 3.50. The van der Waals surface area contributed by atoms with Crippen LogP contribution in [0.4, 0.5) is 0 Å². The molecule has 0 aliphatic carbocycles. The van der Waals surface area contributed by atoms with Crippen LogP contribution in [0.5, 0.6) is 11.5 Å². The predicted octanol–water partition coefficient (Wildman–Crippen LogP) is 2.90. The van der Waals surface area contributed by atoms with Gasteiger partial charge in [-0.05, 0) is 44.0 Å². The molecule has 1 aromatic rings. The van der Waals surface area contributed by atoms with Crippen LogP contribution in [0.2, 0.25) is 0 Å². The smallest absolute Gasteiger partial charge is 0.347 e. The second-order valence-corrected chi connectivity index (χ2v) is 5.15. The van der Waals surface area contributed by atoms with Gasteiger partial charge in [-0.3, -0.25) is 0 Å². The first kappa shape index (κ1) is 15.8.